The van der Waals surface area contributed by atoms with Crippen molar-refractivity contribution in [2.45, 2.75) is 88.8 Å². The summed E-state index contributed by atoms with van der Waals surface area (Å²) in [4.78, 5) is 28.1. The van der Waals surface area contributed by atoms with Crippen LogP contribution < -0.4 is 11.0 Å². The molecule has 1 N–H and O–H groups in total. The predicted molar refractivity (Wildman–Crippen MR) is 134 cm³/mol. The second kappa shape index (κ2) is 11.7. The number of carbonyl (C=O) groups excluding carboxylic acids is 1. The summed E-state index contributed by atoms with van der Waals surface area (Å²) in [7, 11) is -2.30. The van der Waals surface area contributed by atoms with Crippen molar-refractivity contribution >= 4 is 20.2 Å². The number of hydrogen-bond donors (Lipinski definition) is 1. The zero-order chi connectivity index (χ0) is 27.4. The van der Waals surface area contributed by atoms with E-state index in [-0.39, 0.29) is 24.1 Å². The summed E-state index contributed by atoms with van der Waals surface area (Å²) in [5, 5.41) is 2.11. The number of aromatic nitrogens is 2. The summed E-state index contributed by atoms with van der Waals surface area (Å²) < 4.78 is 60.3. The van der Waals surface area contributed by atoms with Crippen LogP contribution in [0.25, 0.3) is 0 Å². The molecule has 10 nitrogen and oxygen atoms in total. The monoisotopic (exact) mass is 545 g/mol. The first kappa shape index (κ1) is 29.4. The van der Waals surface area contributed by atoms with Crippen LogP contribution in [0.1, 0.15) is 46.3 Å². The molecule has 0 radical (unpaired) electrons. The lowest BCUT2D eigenvalue weighted by atomic mass is 10.1. The van der Waals surface area contributed by atoms with Crippen molar-refractivity contribution in [3.05, 3.63) is 35.4 Å². The van der Waals surface area contributed by atoms with Crippen LogP contribution in [-0.2, 0) is 23.4 Å². The third-order valence-corrected chi connectivity index (χ3v) is 11.3. The second-order valence-corrected chi connectivity index (χ2v) is 15.4. The lowest BCUT2D eigenvalue weighted by Gasteiger charge is -2.37. The Kier molecular flexibility index (Phi) is 9.27. The minimum absolute atomic E-state index is 0.0462. The Hall–Kier alpha value is -2.19. The molecule has 2 aliphatic heterocycles. The largest absolute Gasteiger partial charge is 0.445 e. The number of carbonyl (C=O) groups is 1. The summed E-state index contributed by atoms with van der Waals surface area (Å²) in [5.41, 5.74) is -1.04. The van der Waals surface area contributed by atoms with Gasteiger partial charge in [0, 0.05) is 12.8 Å². The van der Waals surface area contributed by atoms with Gasteiger partial charge >= 0.3 is 17.7 Å². The van der Waals surface area contributed by atoms with E-state index in [1.807, 2.05) is 33.9 Å². The van der Waals surface area contributed by atoms with Gasteiger partial charge in [-0.3, -0.25) is 9.88 Å². The summed E-state index contributed by atoms with van der Waals surface area (Å²) in [6.07, 6.45) is -1.95. The molecule has 0 aromatic carbocycles. The molecule has 0 aliphatic carbocycles. The SMILES string of the molecule is C=CCOC(=O)Nc1ccn([C@@H]2O[C@H](CO[Si](C)(C)C(C)(C)C)[C@@H](OC3CCCCO3)C2(F)F)c(=O)n1. The molecule has 2 saturated heterocycles. The maximum Gasteiger partial charge on any atom is 0.413 e. The van der Waals surface area contributed by atoms with Crippen LogP contribution in [0.3, 0.4) is 0 Å². The van der Waals surface area contributed by atoms with E-state index in [9.17, 15) is 9.59 Å². The number of nitrogens with one attached hydrogen (secondary N) is 1. The molecule has 1 amide bonds. The molecule has 2 aliphatic rings. The highest BCUT2D eigenvalue weighted by Gasteiger charge is 2.62. The van der Waals surface area contributed by atoms with Gasteiger partial charge in [-0.15, -0.1) is 0 Å². The summed E-state index contributed by atoms with van der Waals surface area (Å²) in [6, 6.07) is 1.20. The number of nitrogens with zero attached hydrogens (tertiary/aromatic N) is 2. The maximum absolute atomic E-state index is 15.8. The Bertz CT molecular complexity index is 1010. The van der Waals surface area contributed by atoms with Gasteiger partial charge in [-0.1, -0.05) is 33.4 Å². The van der Waals surface area contributed by atoms with Crippen LogP contribution in [-0.4, -0.2) is 68.2 Å². The Morgan fingerprint density at radius 2 is 2.11 bits per heavy atom. The lowest BCUT2D eigenvalue weighted by Crippen LogP contribution is -2.48. The Balaban J connectivity index is 1.84. The van der Waals surface area contributed by atoms with Crippen LogP contribution in [0.15, 0.2) is 29.7 Å². The van der Waals surface area contributed by atoms with Gasteiger partial charge in [0.25, 0.3) is 0 Å². The number of halogens is 2. The zero-order valence-electron chi connectivity index (χ0n) is 22.0. The average Bonchev–Trinajstić information content (AvgIpc) is 3.06. The highest BCUT2D eigenvalue weighted by molar-refractivity contribution is 6.74. The van der Waals surface area contributed by atoms with Crippen LogP contribution in [0.4, 0.5) is 19.4 Å². The molecule has 3 heterocycles. The third kappa shape index (κ3) is 7.02. The molecular formula is C24H37F2N3O7Si. The summed E-state index contributed by atoms with van der Waals surface area (Å²) >= 11 is 0. The van der Waals surface area contributed by atoms with Crippen LogP contribution in [0, 0.1) is 0 Å². The fourth-order valence-electron chi connectivity index (χ4n) is 3.70. The molecule has 3 rings (SSSR count). The zero-order valence-corrected chi connectivity index (χ0v) is 23.0. The normalized spacial score (nSPS) is 26.0. The minimum Gasteiger partial charge on any atom is -0.445 e. The van der Waals surface area contributed by atoms with Crippen molar-refractivity contribution in [3.63, 3.8) is 0 Å². The van der Waals surface area contributed by atoms with Crippen molar-refractivity contribution in [3.8, 4) is 0 Å². The van der Waals surface area contributed by atoms with Gasteiger partial charge in [-0.05, 0) is 43.5 Å². The highest BCUT2D eigenvalue weighted by atomic mass is 28.4. The van der Waals surface area contributed by atoms with E-state index in [1.54, 1.807) is 0 Å². The maximum atomic E-state index is 15.8. The van der Waals surface area contributed by atoms with E-state index >= 15 is 8.78 Å². The first-order valence-electron chi connectivity index (χ1n) is 12.3. The molecule has 0 saturated carbocycles. The molecule has 1 aromatic heterocycles. The topological polar surface area (TPSA) is 110 Å². The number of hydrogen-bond acceptors (Lipinski definition) is 8. The second-order valence-electron chi connectivity index (χ2n) is 10.6. The Morgan fingerprint density at radius 3 is 2.70 bits per heavy atom. The molecule has 1 aromatic rings. The molecule has 208 valence electrons. The van der Waals surface area contributed by atoms with Gasteiger partial charge in [-0.2, -0.15) is 13.8 Å². The van der Waals surface area contributed by atoms with E-state index in [4.69, 9.17) is 23.4 Å². The summed E-state index contributed by atoms with van der Waals surface area (Å²) in [6.45, 7) is 13.8. The van der Waals surface area contributed by atoms with Crippen LogP contribution >= 0.6 is 0 Å². The van der Waals surface area contributed by atoms with Crippen LogP contribution in [0.2, 0.25) is 18.1 Å². The molecule has 0 bridgehead atoms. The van der Waals surface area contributed by atoms with Gasteiger partial charge in [0.15, 0.2) is 20.7 Å². The van der Waals surface area contributed by atoms with Crippen molar-refractivity contribution < 1.29 is 36.9 Å². The number of rotatable bonds is 9. The van der Waals surface area contributed by atoms with E-state index in [0.717, 1.165) is 19.0 Å². The van der Waals surface area contributed by atoms with E-state index in [0.29, 0.717) is 17.6 Å². The standard InChI is InChI=1S/C24H37F2N3O7Si/c1-7-13-33-22(31)28-17-11-12-29(21(30)27-17)20-24(25,26)19(36-18-10-8-9-14-32-18)16(35-20)15-34-37(5,6)23(2,3)4/h7,11-12,16,18-20H,1,8-10,13-15H2,2-6H3,(H,27,28,30,31)/t16-,18?,19-,20-/m1/s1. The number of alkyl halides is 2. The smallest absolute Gasteiger partial charge is 0.413 e. The molecule has 1 unspecified atom stereocenters. The Morgan fingerprint density at radius 1 is 1.38 bits per heavy atom. The first-order chi connectivity index (χ1) is 17.3. The van der Waals surface area contributed by atoms with Crippen molar-refractivity contribution in [2.75, 3.05) is 25.1 Å². The number of anilines is 1. The van der Waals surface area contributed by atoms with Crippen molar-refractivity contribution in [1.82, 2.24) is 9.55 Å². The van der Waals surface area contributed by atoms with Gasteiger partial charge in [0.2, 0.25) is 6.23 Å². The molecule has 2 fully saturated rings. The Labute approximate surface area is 216 Å². The third-order valence-electron chi connectivity index (χ3n) is 6.85. The van der Waals surface area contributed by atoms with E-state index < -0.39 is 50.7 Å². The quantitative estimate of drug-likeness (QED) is 0.358. The fourth-order valence-corrected chi connectivity index (χ4v) is 4.71. The molecule has 4 atom stereocenters. The van der Waals surface area contributed by atoms with Gasteiger partial charge in [0.1, 0.15) is 18.5 Å². The minimum atomic E-state index is -3.61. The molecule has 37 heavy (non-hydrogen) atoms. The fraction of sp³-hybridized carbons (Fsp3) is 0.708. The van der Waals surface area contributed by atoms with E-state index in [1.165, 1.54) is 12.1 Å². The summed E-state index contributed by atoms with van der Waals surface area (Å²) in [5.74, 6) is -3.76. The molecule has 0 spiro atoms. The first-order valence-corrected chi connectivity index (χ1v) is 15.3. The van der Waals surface area contributed by atoms with Gasteiger partial charge in [0.05, 0.1) is 6.61 Å². The van der Waals surface area contributed by atoms with E-state index in [2.05, 4.69) is 16.9 Å². The van der Waals surface area contributed by atoms with Crippen molar-refractivity contribution in [1.29, 1.82) is 0 Å². The highest BCUT2D eigenvalue weighted by Crippen LogP contribution is 2.46. The number of amides is 1. The molecule has 13 heteroatoms. The molecular weight excluding hydrogens is 508 g/mol. The van der Waals surface area contributed by atoms with Gasteiger partial charge < -0.3 is 23.4 Å². The lowest BCUT2D eigenvalue weighted by molar-refractivity contribution is -0.238. The predicted octanol–water partition coefficient (Wildman–Crippen LogP) is 4.44. The van der Waals surface area contributed by atoms with Crippen LogP contribution in [0.5, 0.6) is 0 Å². The van der Waals surface area contributed by atoms with Crippen molar-refractivity contribution in [2.24, 2.45) is 0 Å². The number of ether oxygens (including phenoxy) is 4. The van der Waals surface area contributed by atoms with Gasteiger partial charge in [-0.25, -0.2) is 9.59 Å². The average molecular weight is 546 g/mol.